The van der Waals surface area contributed by atoms with Crippen LogP contribution in [0, 0.1) is 5.92 Å². The van der Waals surface area contributed by atoms with Crippen LogP contribution in [0.3, 0.4) is 0 Å². The van der Waals surface area contributed by atoms with Gasteiger partial charge in [-0.25, -0.2) is 14.8 Å². The topological polar surface area (TPSA) is 185 Å². The van der Waals surface area contributed by atoms with Crippen LogP contribution in [0.15, 0.2) is 24.8 Å². The SMILES string of the molecule is CC(C)[Si](O[C@H]1C[C@H](Nc2ncncc2C(=O)c2ccn[nH]2)C[C@@H]1COS(=O)(=O)NC(=O)O)(C(C)C)C(C)C. The van der Waals surface area contributed by atoms with E-state index in [1.54, 1.807) is 6.07 Å². The number of rotatable bonds is 13. The molecule has 2 heterocycles. The van der Waals surface area contributed by atoms with Crippen LogP contribution in [-0.4, -0.2) is 72.6 Å². The maximum Gasteiger partial charge on any atom is 0.420 e. The number of carboxylic acid groups (broad SMARTS) is 1. The third-order valence-electron chi connectivity index (χ3n) is 7.39. The minimum atomic E-state index is -4.49. The molecule has 2 aromatic heterocycles. The predicted molar refractivity (Wildman–Crippen MR) is 146 cm³/mol. The van der Waals surface area contributed by atoms with E-state index in [1.165, 1.54) is 23.4 Å². The van der Waals surface area contributed by atoms with E-state index < -0.39 is 24.7 Å². The first kappa shape index (κ1) is 30.7. The van der Waals surface area contributed by atoms with E-state index in [0.717, 1.165) is 0 Å². The largest absolute Gasteiger partial charge is 0.464 e. The number of nitrogens with zero attached hydrogens (tertiary/aromatic N) is 3. The lowest BCUT2D eigenvalue weighted by Crippen LogP contribution is -2.51. The second-order valence-corrected chi connectivity index (χ2v) is 17.5. The average molecular weight is 583 g/mol. The van der Waals surface area contributed by atoms with Crippen molar-refractivity contribution in [1.29, 1.82) is 0 Å². The molecule has 0 bridgehead atoms. The molecule has 1 amide bonds. The van der Waals surface area contributed by atoms with E-state index in [2.05, 4.69) is 67.0 Å². The predicted octanol–water partition coefficient (Wildman–Crippen LogP) is 3.71. The molecule has 1 saturated carbocycles. The molecule has 1 aliphatic carbocycles. The molecule has 1 fully saturated rings. The average Bonchev–Trinajstić information content (AvgIpc) is 3.50. The number of hydrogen-bond acceptors (Lipinski definition) is 10. The second kappa shape index (κ2) is 12.5. The third kappa shape index (κ3) is 7.20. The molecule has 1 aliphatic rings. The molecule has 0 aromatic carbocycles. The number of carbonyl (C=O) groups excluding carboxylic acids is 1. The summed E-state index contributed by atoms with van der Waals surface area (Å²) in [7, 11) is -6.85. The molecule has 4 N–H and O–H groups in total. The standard InChI is InChI=1S/C24H38N6O7SSi/c1-14(2)39(15(3)4,16(5)6)37-21-10-18(9-17(21)12-36-38(34,35)30-24(32)33)28-23-19(11-25-13-26-23)22(31)20-7-8-27-29-20/h7-8,11,13-18,21,30H,9-10,12H2,1-6H3,(H,27,29)(H,32,33)(H,25,26,28)/t17-,18-,21+/m1/s1. The highest BCUT2D eigenvalue weighted by atomic mass is 32.2. The molecule has 0 spiro atoms. The summed E-state index contributed by atoms with van der Waals surface area (Å²) in [5, 5.41) is 18.6. The van der Waals surface area contributed by atoms with Gasteiger partial charge in [-0.3, -0.25) is 14.1 Å². The van der Waals surface area contributed by atoms with Gasteiger partial charge in [-0.15, -0.1) is 0 Å². The van der Waals surface area contributed by atoms with E-state index in [1.807, 2.05) is 0 Å². The van der Waals surface area contributed by atoms with Gasteiger partial charge >= 0.3 is 16.4 Å². The summed E-state index contributed by atoms with van der Waals surface area (Å²) < 4.78 is 37.7. The lowest BCUT2D eigenvalue weighted by Gasteiger charge is -2.45. The molecular formula is C24H38N6O7SSi. The lowest BCUT2D eigenvalue weighted by atomic mass is 10.1. The Hall–Kier alpha value is -2.88. The molecule has 39 heavy (non-hydrogen) atoms. The van der Waals surface area contributed by atoms with Gasteiger partial charge in [-0.2, -0.15) is 18.2 Å². The fourth-order valence-electron chi connectivity index (χ4n) is 5.84. The van der Waals surface area contributed by atoms with Crippen LogP contribution in [0.1, 0.15) is 70.4 Å². The molecule has 0 unspecified atom stereocenters. The van der Waals surface area contributed by atoms with Crippen molar-refractivity contribution in [2.75, 3.05) is 11.9 Å². The van der Waals surface area contributed by atoms with Gasteiger partial charge in [-0.1, -0.05) is 41.5 Å². The second-order valence-electron chi connectivity index (χ2n) is 10.8. The highest BCUT2D eigenvalue weighted by Gasteiger charge is 2.49. The number of aromatic amines is 1. The Kier molecular flexibility index (Phi) is 9.85. The Bertz CT molecular complexity index is 1220. The van der Waals surface area contributed by atoms with E-state index in [9.17, 15) is 18.0 Å². The van der Waals surface area contributed by atoms with Crippen molar-refractivity contribution in [3.8, 4) is 0 Å². The fraction of sp³-hybridized carbons (Fsp3) is 0.625. The number of amides is 1. The fourth-order valence-corrected chi connectivity index (χ4v) is 12.1. The Morgan fingerprint density at radius 1 is 1.15 bits per heavy atom. The van der Waals surface area contributed by atoms with Crippen molar-refractivity contribution in [2.45, 2.75) is 83.2 Å². The first-order valence-corrected chi connectivity index (χ1v) is 16.5. The molecule has 13 nitrogen and oxygen atoms in total. The van der Waals surface area contributed by atoms with Crippen molar-refractivity contribution in [3.05, 3.63) is 36.0 Å². The Balaban J connectivity index is 1.88. The third-order valence-corrected chi connectivity index (χ3v) is 14.4. The molecule has 0 radical (unpaired) electrons. The van der Waals surface area contributed by atoms with Gasteiger partial charge in [0.25, 0.3) is 0 Å². The van der Waals surface area contributed by atoms with Crippen molar-refractivity contribution < 1.29 is 31.7 Å². The van der Waals surface area contributed by atoms with Crippen molar-refractivity contribution in [1.82, 2.24) is 24.9 Å². The Morgan fingerprint density at radius 3 is 2.38 bits per heavy atom. The highest BCUT2D eigenvalue weighted by molar-refractivity contribution is 7.85. The number of aromatic nitrogens is 4. The quantitative estimate of drug-likeness (QED) is 0.199. The number of nitrogens with one attached hydrogen (secondary N) is 3. The van der Waals surface area contributed by atoms with Crippen molar-refractivity contribution in [2.24, 2.45) is 5.92 Å². The van der Waals surface area contributed by atoms with E-state index >= 15 is 0 Å². The van der Waals surface area contributed by atoms with Gasteiger partial charge in [0, 0.05) is 24.4 Å². The number of H-pyrrole nitrogens is 1. The molecule has 3 atom stereocenters. The first-order chi connectivity index (χ1) is 18.3. The number of carbonyl (C=O) groups is 2. The summed E-state index contributed by atoms with van der Waals surface area (Å²) in [6.07, 6.45) is 3.15. The lowest BCUT2D eigenvalue weighted by molar-refractivity contribution is 0.102. The van der Waals surface area contributed by atoms with Crippen LogP contribution < -0.4 is 10.0 Å². The zero-order chi connectivity index (χ0) is 29.0. The van der Waals surface area contributed by atoms with Crippen LogP contribution >= 0.6 is 0 Å². The summed E-state index contributed by atoms with van der Waals surface area (Å²) in [5.74, 6) is -0.335. The van der Waals surface area contributed by atoms with E-state index in [4.69, 9.17) is 13.7 Å². The monoisotopic (exact) mass is 582 g/mol. The van der Waals surface area contributed by atoms with Gasteiger partial charge in [0.2, 0.25) is 14.1 Å². The smallest absolute Gasteiger partial charge is 0.420 e. The molecule has 0 aliphatic heterocycles. The molecule has 15 heteroatoms. The summed E-state index contributed by atoms with van der Waals surface area (Å²) in [4.78, 5) is 32.2. The maximum atomic E-state index is 13.0. The molecule has 0 saturated heterocycles. The summed E-state index contributed by atoms with van der Waals surface area (Å²) in [6.45, 7) is 12.7. The highest BCUT2D eigenvalue weighted by Crippen LogP contribution is 2.46. The number of anilines is 1. The van der Waals surface area contributed by atoms with Gasteiger partial charge in [0.05, 0.1) is 18.3 Å². The van der Waals surface area contributed by atoms with Crippen LogP contribution in [0.25, 0.3) is 0 Å². The zero-order valence-electron chi connectivity index (χ0n) is 23.0. The van der Waals surface area contributed by atoms with Crippen LogP contribution in [0.4, 0.5) is 10.6 Å². The van der Waals surface area contributed by atoms with Crippen LogP contribution in [0.2, 0.25) is 16.6 Å². The summed E-state index contributed by atoms with van der Waals surface area (Å²) >= 11 is 0. The minimum absolute atomic E-state index is 0.222. The summed E-state index contributed by atoms with van der Waals surface area (Å²) in [6, 6.07) is 1.34. The van der Waals surface area contributed by atoms with E-state index in [-0.39, 0.29) is 36.0 Å². The van der Waals surface area contributed by atoms with Gasteiger partial charge < -0.3 is 14.8 Å². The normalized spacial score (nSPS) is 20.1. The Labute approximate surface area is 229 Å². The molecule has 216 valence electrons. The number of hydrogen-bond donors (Lipinski definition) is 4. The molecule has 3 rings (SSSR count). The van der Waals surface area contributed by atoms with Crippen molar-refractivity contribution >= 4 is 36.3 Å². The number of ketones is 1. The first-order valence-electron chi connectivity index (χ1n) is 12.9. The maximum absolute atomic E-state index is 13.0. The van der Waals surface area contributed by atoms with Crippen molar-refractivity contribution in [3.63, 3.8) is 0 Å². The minimum Gasteiger partial charge on any atom is -0.464 e. The van der Waals surface area contributed by atoms with Crippen LogP contribution in [0.5, 0.6) is 0 Å². The van der Waals surface area contributed by atoms with Gasteiger partial charge in [0.1, 0.15) is 17.8 Å². The van der Waals surface area contributed by atoms with Gasteiger partial charge in [-0.05, 0) is 35.5 Å². The van der Waals surface area contributed by atoms with Gasteiger partial charge in [0.15, 0.2) is 0 Å². The molecular weight excluding hydrogens is 544 g/mol. The zero-order valence-corrected chi connectivity index (χ0v) is 24.9. The van der Waals surface area contributed by atoms with Crippen LogP contribution in [-0.2, 0) is 18.9 Å². The Morgan fingerprint density at radius 2 is 1.82 bits per heavy atom. The molecule has 2 aromatic rings. The summed E-state index contributed by atoms with van der Waals surface area (Å²) in [5.41, 5.74) is 1.45. The van der Waals surface area contributed by atoms with E-state index in [0.29, 0.717) is 41.0 Å².